The Balaban J connectivity index is 1.65. The molecule has 4 nitrogen and oxygen atoms in total. The van der Waals surface area contributed by atoms with E-state index < -0.39 is 0 Å². The minimum Gasteiger partial charge on any atom is -0.339 e. The van der Waals surface area contributed by atoms with Gasteiger partial charge in [-0.05, 0) is 22.8 Å². The second-order valence-electron chi connectivity index (χ2n) is 5.24. The largest absolute Gasteiger partial charge is 0.339 e. The number of hydrogen-bond acceptors (Lipinski definition) is 3. The first-order valence-electron chi connectivity index (χ1n) is 7.03. The molecule has 1 saturated heterocycles. The third kappa shape index (κ3) is 1.93. The lowest BCUT2D eigenvalue weighted by Crippen LogP contribution is -2.37. The molecule has 1 aromatic heterocycles. The Morgan fingerprint density at radius 3 is 2.75 bits per heavy atom. The van der Waals surface area contributed by atoms with Crippen LogP contribution in [0.1, 0.15) is 17.8 Å². The van der Waals surface area contributed by atoms with Crippen LogP contribution < -0.4 is 4.90 Å². The molecular formula is C16H16N4. The van der Waals surface area contributed by atoms with E-state index in [1.807, 2.05) is 0 Å². The fraction of sp³-hybridized carbons (Fsp3) is 0.250. The van der Waals surface area contributed by atoms with E-state index in [-0.39, 0.29) is 0 Å². The number of nitrogens with one attached hydrogen (secondary N) is 1. The number of rotatable bonds is 3. The van der Waals surface area contributed by atoms with Crippen LogP contribution in [0.25, 0.3) is 10.8 Å². The van der Waals surface area contributed by atoms with Gasteiger partial charge in [0.2, 0.25) is 5.95 Å². The van der Waals surface area contributed by atoms with Crippen LogP contribution in [0, 0.1) is 0 Å². The van der Waals surface area contributed by atoms with E-state index in [1.165, 1.54) is 22.8 Å². The van der Waals surface area contributed by atoms with Crippen molar-refractivity contribution in [3.05, 3.63) is 53.9 Å². The molecule has 2 heterocycles. The predicted molar refractivity (Wildman–Crippen MR) is 80.0 cm³/mol. The van der Waals surface area contributed by atoms with Gasteiger partial charge in [-0.1, -0.05) is 42.5 Å². The molecule has 2 aromatic carbocycles. The highest BCUT2D eigenvalue weighted by atomic mass is 15.4. The highest BCUT2D eigenvalue weighted by Gasteiger charge is 2.18. The Labute approximate surface area is 117 Å². The van der Waals surface area contributed by atoms with Crippen molar-refractivity contribution in [2.24, 2.45) is 0 Å². The quantitative estimate of drug-likeness (QED) is 0.791. The van der Waals surface area contributed by atoms with Crippen LogP contribution in [-0.2, 0) is 6.42 Å². The fourth-order valence-corrected chi connectivity index (χ4v) is 2.65. The normalized spacial score (nSPS) is 14.5. The molecule has 3 aromatic rings. The SMILES string of the molecule is c1ccc2c(Cc3nc(N4CCC4)n[nH]3)cccc2c1. The smallest absolute Gasteiger partial charge is 0.244 e. The van der Waals surface area contributed by atoms with Crippen LogP contribution >= 0.6 is 0 Å². The highest BCUT2D eigenvalue weighted by Crippen LogP contribution is 2.21. The number of fused-ring (bicyclic) bond motifs is 1. The topological polar surface area (TPSA) is 44.8 Å². The Morgan fingerprint density at radius 1 is 1.05 bits per heavy atom. The van der Waals surface area contributed by atoms with E-state index in [2.05, 4.69) is 62.5 Å². The molecule has 0 bridgehead atoms. The van der Waals surface area contributed by atoms with E-state index in [0.29, 0.717) is 0 Å². The standard InChI is InChI=1S/C16H16N4/c1-2-8-14-12(5-1)6-3-7-13(14)11-15-17-16(19-18-15)20-9-4-10-20/h1-3,5-8H,4,9-11H2,(H,17,18,19). The zero-order valence-electron chi connectivity index (χ0n) is 11.2. The lowest BCUT2D eigenvalue weighted by Gasteiger charge is -2.29. The van der Waals surface area contributed by atoms with Gasteiger partial charge in [-0.2, -0.15) is 4.98 Å². The maximum atomic E-state index is 4.59. The number of nitrogens with zero attached hydrogens (tertiary/aromatic N) is 3. The number of anilines is 1. The molecule has 0 saturated carbocycles. The van der Waals surface area contributed by atoms with Crippen molar-refractivity contribution in [3.63, 3.8) is 0 Å². The highest BCUT2D eigenvalue weighted by molar-refractivity contribution is 5.85. The maximum absolute atomic E-state index is 4.59. The number of H-pyrrole nitrogens is 1. The van der Waals surface area contributed by atoms with E-state index in [9.17, 15) is 0 Å². The average Bonchev–Trinajstić information content (AvgIpc) is 2.85. The van der Waals surface area contributed by atoms with Crippen molar-refractivity contribution in [2.75, 3.05) is 18.0 Å². The molecule has 1 aliphatic heterocycles. The zero-order chi connectivity index (χ0) is 13.4. The predicted octanol–water partition coefficient (Wildman–Crippen LogP) is 2.76. The van der Waals surface area contributed by atoms with Gasteiger partial charge in [0.05, 0.1) is 0 Å². The summed E-state index contributed by atoms with van der Waals surface area (Å²) >= 11 is 0. The van der Waals surface area contributed by atoms with Crippen molar-refractivity contribution >= 4 is 16.7 Å². The lowest BCUT2D eigenvalue weighted by molar-refractivity contribution is 0.601. The molecule has 4 rings (SSSR count). The van der Waals surface area contributed by atoms with Crippen LogP contribution in [0.2, 0.25) is 0 Å². The Kier molecular flexibility index (Phi) is 2.66. The van der Waals surface area contributed by atoms with Crippen molar-refractivity contribution in [1.29, 1.82) is 0 Å². The second kappa shape index (κ2) is 4.63. The molecule has 0 amide bonds. The Morgan fingerprint density at radius 2 is 1.90 bits per heavy atom. The molecule has 0 aliphatic carbocycles. The summed E-state index contributed by atoms with van der Waals surface area (Å²) in [4.78, 5) is 6.79. The zero-order valence-corrected chi connectivity index (χ0v) is 11.2. The van der Waals surface area contributed by atoms with Gasteiger partial charge in [-0.25, -0.2) is 0 Å². The summed E-state index contributed by atoms with van der Waals surface area (Å²) in [6, 6.07) is 14.9. The number of hydrogen-bond donors (Lipinski definition) is 1. The minimum absolute atomic E-state index is 0.794. The molecule has 1 fully saturated rings. The molecule has 0 spiro atoms. The third-order valence-electron chi connectivity index (χ3n) is 3.90. The first kappa shape index (κ1) is 11.5. The summed E-state index contributed by atoms with van der Waals surface area (Å²) in [5.41, 5.74) is 1.29. The fourth-order valence-electron chi connectivity index (χ4n) is 2.65. The second-order valence-corrected chi connectivity index (χ2v) is 5.24. The third-order valence-corrected chi connectivity index (χ3v) is 3.90. The molecule has 100 valence electrons. The monoisotopic (exact) mass is 264 g/mol. The maximum Gasteiger partial charge on any atom is 0.244 e. The van der Waals surface area contributed by atoms with E-state index >= 15 is 0 Å². The van der Waals surface area contributed by atoms with E-state index in [1.54, 1.807) is 0 Å². The van der Waals surface area contributed by atoms with Gasteiger partial charge in [-0.3, -0.25) is 5.10 Å². The Bertz CT molecular complexity index is 738. The molecule has 0 unspecified atom stereocenters. The van der Waals surface area contributed by atoms with E-state index in [4.69, 9.17) is 0 Å². The van der Waals surface area contributed by atoms with Gasteiger partial charge in [0.1, 0.15) is 5.82 Å². The van der Waals surface area contributed by atoms with Crippen LogP contribution in [0.5, 0.6) is 0 Å². The van der Waals surface area contributed by atoms with Crippen LogP contribution in [0.3, 0.4) is 0 Å². The van der Waals surface area contributed by atoms with Gasteiger partial charge in [0, 0.05) is 19.5 Å². The van der Waals surface area contributed by atoms with Gasteiger partial charge < -0.3 is 4.90 Å². The summed E-state index contributed by atoms with van der Waals surface area (Å²) in [5, 5.41) is 9.93. The minimum atomic E-state index is 0.794. The Hall–Kier alpha value is -2.36. The molecule has 20 heavy (non-hydrogen) atoms. The van der Waals surface area contributed by atoms with E-state index in [0.717, 1.165) is 31.3 Å². The molecule has 4 heteroatoms. The summed E-state index contributed by atoms with van der Waals surface area (Å²) in [7, 11) is 0. The van der Waals surface area contributed by atoms with Crippen molar-refractivity contribution in [2.45, 2.75) is 12.8 Å². The van der Waals surface area contributed by atoms with Gasteiger partial charge in [-0.15, -0.1) is 5.10 Å². The van der Waals surface area contributed by atoms with Gasteiger partial charge in [0.15, 0.2) is 0 Å². The van der Waals surface area contributed by atoms with Gasteiger partial charge in [0.25, 0.3) is 0 Å². The molecular weight excluding hydrogens is 248 g/mol. The first-order chi connectivity index (χ1) is 9.90. The average molecular weight is 264 g/mol. The van der Waals surface area contributed by atoms with Crippen LogP contribution in [-0.4, -0.2) is 28.3 Å². The first-order valence-corrected chi connectivity index (χ1v) is 7.03. The summed E-state index contributed by atoms with van der Waals surface area (Å²) in [5.74, 6) is 1.77. The molecule has 1 N–H and O–H groups in total. The van der Waals surface area contributed by atoms with Crippen molar-refractivity contribution in [1.82, 2.24) is 15.2 Å². The van der Waals surface area contributed by atoms with Crippen LogP contribution in [0.4, 0.5) is 5.95 Å². The summed E-state index contributed by atoms with van der Waals surface area (Å²) < 4.78 is 0. The summed E-state index contributed by atoms with van der Waals surface area (Å²) in [6.45, 7) is 2.15. The van der Waals surface area contributed by atoms with Crippen molar-refractivity contribution < 1.29 is 0 Å². The lowest BCUT2D eigenvalue weighted by atomic mass is 10.0. The molecule has 0 radical (unpaired) electrons. The number of aromatic nitrogens is 3. The van der Waals surface area contributed by atoms with Crippen LogP contribution in [0.15, 0.2) is 42.5 Å². The van der Waals surface area contributed by atoms with Gasteiger partial charge >= 0.3 is 0 Å². The number of aromatic amines is 1. The molecule has 1 aliphatic rings. The summed E-state index contributed by atoms with van der Waals surface area (Å²) in [6.07, 6.45) is 2.04. The molecule has 0 atom stereocenters. The number of benzene rings is 2. The van der Waals surface area contributed by atoms with Crippen molar-refractivity contribution in [3.8, 4) is 0 Å².